The van der Waals surface area contributed by atoms with Gasteiger partial charge in [0.2, 0.25) is 15.9 Å². The van der Waals surface area contributed by atoms with Crippen molar-refractivity contribution in [2.24, 2.45) is 0 Å². The molecule has 0 atom stereocenters. The van der Waals surface area contributed by atoms with Crippen molar-refractivity contribution in [2.75, 3.05) is 25.2 Å². The molecule has 0 aliphatic rings. The number of rotatable bonds is 6. The minimum absolute atomic E-state index is 0.0602. The van der Waals surface area contributed by atoms with Crippen molar-refractivity contribution in [1.29, 1.82) is 0 Å². The fraction of sp³-hybridized carbons (Fsp3) is 0.214. The third kappa shape index (κ3) is 4.66. The SMILES string of the molecule is CN(C)S(=O)(=O)c1ccc(NC(=O)CSc2nccc(=O)[nH]2)cc1. The van der Waals surface area contributed by atoms with E-state index in [1.807, 2.05) is 0 Å². The second-order valence-corrected chi connectivity index (χ2v) is 8.00. The Morgan fingerprint density at radius 2 is 1.92 bits per heavy atom. The highest BCUT2D eigenvalue weighted by molar-refractivity contribution is 7.99. The van der Waals surface area contributed by atoms with Crippen LogP contribution in [0.25, 0.3) is 0 Å². The fourth-order valence-electron chi connectivity index (χ4n) is 1.68. The van der Waals surface area contributed by atoms with Gasteiger partial charge in [-0.15, -0.1) is 0 Å². The molecule has 0 unspecified atom stereocenters. The molecule has 0 fully saturated rings. The first-order valence-electron chi connectivity index (χ1n) is 6.79. The van der Waals surface area contributed by atoms with Crippen LogP contribution >= 0.6 is 11.8 Å². The quantitative estimate of drug-likeness (QED) is 0.575. The summed E-state index contributed by atoms with van der Waals surface area (Å²) in [7, 11) is -0.601. The molecule has 1 amide bonds. The summed E-state index contributed by atoms with van der Waals surface area (Å²) in [4.78, 5) is 29.6. The van der Waals surface area contributed by atoms with Crippen LogP contribution in [0.3, 0.4) is 0 Å². The lowest BCUT2D eigenvalue weighted by Gasteiger charge is -2.12. The molecule has 2 N–H and O–H groups in total. The predicted octanol–water partition coefficient (Wildman–Crippen LogP) is 0.751. The topological polar surface area (TPSA) is 112 Å². The Kier molecular flexibility index (Phi) is 5.75. The van der Waals surface area contributed by atoms with Crippen LogP contribution in [0, 0.1) is 0 Å². The highest BCUT2D eigenvalue weighted by Gasteiger charge is 2.16. The molecular formula is C14H16N4O4S2. The van der Waals surface area contributed by atoms with E-state index in [9.17, 15) is 18.0 Å². The number of thioether (sulfide) groups is 1. The largest absolute Gasteiger partial charge is 0.325 e. The van der Waals surface area contributed by atoms with E-state index < -0.39 is 10.0 Å². The lowest BCUT2D eigenvalue weighted by molar-refractivity contribution is -0.113. The standard InChI is InChI=1S/C14H16N4O4S2/c1-18(2)24(21,22)11-5-3-10(4-6-11)16-13(20)9-23-14-15-8-7-12(19)17-14/h3-8H,9H2,1-2H3,(H,16,20)(H,15,17,19). The summed E-state index contributed by atoms with van der Waals surface area (Å²) in [6.45, 7) is 0. The van der Waals surface area contributed by atoms with Gasteiger partial charge in [-0.05, 0) is 24.3 Å². The molecule has 2 rings (SSSR count). The number of hydrogen-bond donors (Lipinski definition) is 2. The summed E-state index contributed by atoms with van der Waals surface area (Å²) in [6.07, 6.45) is 1.36. The minimum atomic E-state index is -3.50. The van der Waals surface area contributed by atoms with Crippen molar-refractivity contribution in [3.05, 3.63) is 46.9 Å². The van der Waals surface area contributed by atoms with Crippen molar-refractivity contribution in [1.82, 2.24) is 14.3 Å². The fourth-order valence-corrected chi connectivity index (χ4v) is 3.23. The van der Waals surface area contributed by atoms with Gasteiger partial charge in [0.15, 0.2) is 5.16 Å². The van der Waals surface area contributed by atoms with Crippen molar-refractivity contribution in [3.63, 3.8) is 0 Å². The van der Waals surface area contributed by atoms with E-state index in [1.54, 1.807) is 0 Å². The Hall–Kier alpha value is -2.17. The molecule has 2 aromatic rings. The van der Waals surface area contributed by atoms with Crippen molar-refractivity contribution >= 4 is 33.4 Å². The predicted molar refractivity (Wildman–Crippen MR) is 91.5 cm³/mol. The number of carbonyl (C=O) groups excluding carboxylic acids is 1. The zero-order chi connectivity index (χ0) is 17.7. The molecule has 1 aromatic carbocycles. The molecule has 0 bridgehead atoms. The number of aromatic amines is 1. The summed E-state index contributed by atoms with van der Waals surface area (Å²) in [5.41, 5.74) is 0.193. The molecule has 0 spiro atoms. The van der Waals surface area contributed by atoms with Gasteiger partial charge in [0, 0.05) is 32.0 Å². The molecule has 0 saturated carbocycles. The summed E-state index contributed by atoms with van der Waals surface area (Å²) in [6, 6.07) is 7.17. The summed E-state index contributed by atoms with van der Waals surface area (Å²) < 4.78 is 25.0. The molecule has 1 heterocycles. The molecule has 128 valence electrons. The van der Waals surface area contributed by atoms with E-state index in [0.717, 1.165) is 16.1 Å². The van der Waals surface area contributed by atoms with Crippen molar-refractivity contribution in [3.8, 4) is 0 Å². The molecule has 10 heteroatoms. The minimum Gasteiger partial charge on any atom is -0.325 e. The van der Waals surface area contributed by atoms with E-state index in [-0.39, 0.29) is 22.1 Å². The third-order valence-electron chi connectivity index (χ3n) is 2.90. The molecular weight excluding hydrogens is 352 g/mol. The van der Waals surface area contributed by atoms with E-state index in [0.29, 0.717) is 10.8 Å². The molecule has 0 aliphatic carbocycles. The number of hydrogen-bond acceptors (Lipinski definition) is 6. The van der Waals surface area contributed by atoms with Crippen LogP contribution in [0.15, 0.2) is 51.4 Å². The van der Waals surface area contributed by atoms with Crippen LogP contribution in [0.4, 0.5) is 5.69 Å². The number of anilines is 1. The lowest BCUT2D eigenvalue weighted by Crippen LogP contribution is -2.22. The van der Waals surface area contributed by atoms with E-state index in [1.165, 1.54) is 50.6 Å². The molecule has 0 saturated heterocycles. The van der Waals surface area contributed by atoms with Gasteiger partial charge in [0.1, 0.15) is 0 Å². The molecule has 0 aliphatic heterocycles. The number of amides is 1. The van der Waals surface area contributed by atoms with Gasteiger partial charge in [-0.3, -0.25) is 9.59 Å². The maximum Gasteiger partial charge on any atom is 0.251 e. The van der Waals surface area contributed by atoms with Gasteiger partial charge in [0.25, 0.3) is 5.56 Å². The van der Waals surface area contributed by atoms with Crippen LogP contribution in [0.2, 0.25) is 0 Å². The van der Waals surface area contributed by atoms with Crippen molar-refractivity contribution < 1.29 is 13.2 Å². The van der Waals surface area contributed by atoms with Gasteiger partial charge >= 0.3 is 0 Å². The molecule has 1 aromatic heterocycles. The number of H-pyrrole nitrogens is 1. The van der Waals surface area contributed by atoms with Crippen LogP contribution in [0.1, 0.15) is 0 Å². The zero-order valence-electron chi connectivity index (χ0n) is 13.0. The average molecular weight is 368 g/mol. The van der Waals surface area contributed by atoms with E-state index in [2.05, 4.69) is 15.3 Å². The molecule has 0 radical (unpaired) electrons. The number of sulfonamides is 1. The van der Waals surface area contributed by atoms with Gasteiger partial charge in [-0.2, -0.15) is 0 Å². The Bertz CT molecular complexity index is 876. The second-order valence-electron chi connectivity index (χ2n) is 4.89. The second kappa shape index (κ2) is 7.60. The summed E-state index contributed by atoms with van der Waals surface area (Å²) in [5.74, 6) is -0.236. The van der Waals surface area contributed by atoms with Gasteiger partial charge < -0.3 is 10.3 Å². The van der Waals surface area contributed by atoms with E-state index in [4.69, 9.17) is 0 Å². The number of aromatic nitrogens is 2. The Labute approximate surface area is 143 Å². The summed E-state index contributed by atoms with van der Waals surface area (Å²) >= 11 is 1.09. The number of carbonyl (C=O) groups is 1. The maximum absolute atomic E-state index is 12.0. The Balaban J connectivity index is 1.96. The Morgan fingerprint density at radius 1 is 1.25 bits per heavy atom. The average Bonchev–Trinajstić information content (AvgIpc) is 2.53. The number of nitrogens with one attached hydrogen (secondary N) is 2. The zero-order valence-corrected chi connectivity index (χ0v) is 14.6. The molecule has 24 heavy (non-hydrogen) atoms. The van der Waals surface area contributed by atoms with Gasteiger partial charge in [-0.1, -0.05) is 11.8 Å². The van der Waals surface area contributed by atoms with Crippen LogP contribution in [0.5, 0.6) is 0 Å². The lowest BCUT2D eigenvalue weighted by atomic mass is 10.3. The normalized spacial score (nSPS) is 11.5. The van der Waals surface area contributed by atoms with Gasteiger partial charge in [0.05, 0.1) is 10.6 Å². The number of nitrogens with zero attached hydrogens (tertiary/aromatic N) is 2. The van der Waals surface area contributed by atoms with Crippen LogP contribution < -0.4 is 10.9 Å². The summed E-state index contributed by atoms with van der Waals surface area (Å²) in [5, 5.41) is 3.00. The van der Waals surface area contributed by atoms with Crippen LogP contribution in [-0.4, -0.2) is 48.4 Å². The van der Waals surface area contributed by atoms with Gasteiger partial charge in [-0.25, -0.2) is 17.7 Å². The first-order chi connectivity index (χ1) is 11.3. The molecule has 8 nitrogen and oxygen atoms in total. The Morgan fingerprint density at radius 3 is 2.50 bits per heavy atom. The van der Waals surface area contributed by atoms with E-state index >= 15 is 0 Å². The monoisotopic (exact) mass is 368 g/mol. The first kappa shape index (κ1) is 18.2. The van der Waals surface area contributed by atoms with Crippen molar-refractivity contribution in [2.45, 2.75) is 10.1 Å². The smallest absolute Gasteiger partial charge is 0.251 e. The van der Waals surface area contributed by atoms with Crippen LogP contribution in [-0.2, 0) is 14.8 Å². The highest BCUT2D eigenvalue weighted by atomic mass is 32.2. The highest BCUT2D eigenvalue weighted by Crippen LogP contribution is 2.17. The maximum atomic E-state index is 12.0. The first-order valence-corrected chi connectivity index (χ1v) is 9.22. The number of benzene rings is 1. The third-order valence-corrected chi connectivity index (χ3v) is 5.62.